The highest BCUT2D eigenvalue weighted by atomic mass is 35.5. The summed E-state index contributed by atoms with van der Waals surface area (Å²) >= 11 is 7.38. The lowest BCUT2D eigenvalue weighted by Gasteiger charge is -2.17. The lowest BCUT2D eigenvalue weighted by atomic mass is 9.94. The number of aliphatic carboxylic acids is 1. The van der Waals surface area contributed by atoms with E-state index >= 15 is 0 Å². The molecule has 5 heteroatoms. The third kappa shape index (κ3) is 2.02. The summed E-state index contributed by atoms with van der Waals surface area (Å²) in [6.45, 7) is 2.43. The molecule has 2 N–H and O–H groups in total. The number of carboxylic acids is 1. The van der Waals surface area contributed by atoms with E-state index in [-0.39, 0.29) is 5.92 Å². The zero-order valence-corrected chi connectivity index (χ0v) is 9.86. The summed E-state index contributed by atoms with van der Waals surface area (Å²) in [7, 11) is 0. The molecular weight excluding hydrogens is 234 g/mol. The van der Waals surface area contributed by atoms with Crippen molar-refractivity contribution in [3.8, 4) is 0 Å². The number of hydrogen-bond acceptors (Lipinski definition) is 3. The van der Waals surface area contributed by atoms with Gasteiger partial charge >= 0.3 is 5.97 Å². The zero-order chi connectivity index (χ0) is 11.1. The highest BCUT2D eigenvalue weighted by Crippen LogP contribution is 2.36. The highest BCUT2D eigenvalue weighted by Gasteiger charge is 2.41. The lowest BCUT2D eigenvalue weighted by molar-refractivity contribution is -0.143. The Bertz CT molecular complexity index is 393. The van der Waals surface area contributed by atoms with Gasteiger partial charge in [-0.25, -0.2) is 0 Å². The standard InChI is InChI=1S/C10H12ClNO2S/c1-10(9(13)14)4-6(5-12-10)7-2-3-8(11)15-7/h2-3,6,12H,4-5H2,1H3,(H,13,14). The van der Waals surface area contributed by atoms with Crippen LogP contribution >= 0.6 is 22.9 Å². The molecule has 3 nitrogen and oxygen atoms in total. The highest BCUT2D eigenvalue weighted by molar-refractivity contribution is 7.16. The summed E-state index contributed by atoms with van der Waals surface area (Å²) in [5.74, 6) is -0.517. The van der Waals surface area contributed by atoms with Crippen LogP contribution in [0.25, 0.3) is 0 Å². The molecule has 0 aliphatic carbocycles. The Labute approximate surface area is 97.1 Å². The maximum atomic E-state index is 11.0. The number of carbonyl (C=O) groups is 1. The monoisotopic (exact) mass is 245 g/mol. The van der Waals surface area contributed by atoms with Gasteiger partial charge in [0.05, 0.1) is 4.34 Å². The maximum absolute atomic E-state index is 11.0. The van der Waals surface area contributed by atoms with E-state index in [4.69, 9.17) is 16.7 Å². The first-order valence-electron chi connectivity index (χ1n) is 4.75. The molecule has 1 aromatic rings. The average Bonchev–Trinajstić information content (AvgIpc) is 2.73. The van der Waals surface area contributed by atoms with Gasteiger partial charge in [-0.05, 0) is 25.5 Å². The van der Waals surface area contributed by atoms with E-state index < -0.39 is 11.5 Å². The SMILES string of the molecule is CC1(C(=O)O)CC(c2ccc(Cl)s2)CN1. The normalized spacial score (nSPS) is 30.7. The zero-order valence-electron chi connectivity index (χ0n) is 8.29. The average molecular weight is 246 g/mol. The molecule has 1 fully saturated rings. The Morgan fingerprint density at radius 1 is 1.73 bits per heavy atom. The van der Waals surface area contributed by atoms with E-state index in [2.05, 4.69) is 5.32 Å². The first-order valence-corrected chi connectivity index (χ1v) is 5.94. The number of carboxylic acid groups (broad SMARTS) is 1. The first kappa shape index (κ1) is 10.9. The molecule has 1 aliphatic heterocycles. The molecule has 0 saturated carbocycles. The van der Waals surface area contributed by atoms with Crippen LogP contribution in [0.5, 0.6) is 0 Å². The van der Waals surface area contributed by atoms with Gasteiger partial charge in [-0.2, -0.15) is 0 Å². The van der Waals surface area contributed by atoms with Crippen molar-refractivity contribution in [1.82, 2.24) is 5.32 Å². The van der Waals surface area contributed by atoms with Crippen LogP contribution in [-0.4, -0.2) is 23.2 Å². The summed E-state index contributed by atoms with van der Waals surface area (Å²) in [5.41, 5.74) is -0.791. The summed E-state index contributed by atoms with van der Waals surface area (Å²) in [4.78, 5) is 12.2. The van der Waals surface area contributed by atoms with Gasteiger partial charge in [-0.15, -0.1) is 11.3 Å². The number of nitrogens with one attached hydrogen (secondary N) is 1. The maximum Gasteiger partial charge on any atom is 0.323 e. The Hall–Kier alpha value is -0.580. The minimum atomic E-state index is -0.791. The summed E-state index contributed by atoms with van der Waals surface area (Å²) in [6.07, 6.45) is 0.624. The predicted octanol–water partition coefficient (Wildman–Crippen LogP) is 2.32. The van der Waals surface area contributed by atoms with Crippen molar-refractivity contribution in [2.24, 2.45) is 0 Å². The van der Waals surface area contributed by atoms with Crippen molar-refractivity contribution in [2.75, 3.05) is 6.54 Å². The van der Waals surface area contributed by atoms with E-state index in [9.17, 15) is 4.79 Å². The van der Waals surface area contributed by atoms with Gasteiger partial charge in [-0.1, -0.05) is 11.6 Å². The van der Waals surface area contributed by atoms with Crippen molar-refractivity contribution in [1.29, 1.82) is 0 Å². The smallest absolute Gasteiger partial charge is 0.323 e. The van der Waals surface area contributed by atoms with E-state index in [1.807, 2.05) is 12.1 Å². The fourth-order valence-electron chi connectivity index (χ4n) is 1.90. The molecule has 15 heavy (non-hydrogen) atoms. The van der Waals surface area contributed by atoms with E-state index in [0.29, 0.717) is 13.0 Å². The molecule has 2 rings (SSSR count). The number of halogens is 1. The van der Waals surface area contributed by atoms with Crippen LogP contribution in [0.2, 0.25) is 4.34 Å². The molecule has 0 aromatic carbocycles. The molecule has 2 heterocycles. The Balaban J connectivity index is 2.14. The second kappa shape index (κ2) is 3.77. The lowest BCUT2D eigenvalue weighted by Crippen LogP contribution is -2.44. The topological polar surface area (TPSA) is 49.3 Å². The van der Waals surface area contributed by atoms with Gasteiger partial charge in [0.2, 0.25) is 0 Å². The Morgan fingerprint density at radius 2 is 2.47 bits per heavy atom. The van der Waals surface area contributed by atoms with Crippen LogP contribution in [-0.2, 0) is 4.79 Å². The molecule has 0 amide bonds. The number of thiophene rings is 1. The molecule has 82 valence electrons. The van der Waals surface area contributed by atoms with Crippen molar-refractivity contribution in [3.63, 3.8) is 0 Å². The predicted molar refractivity (Wildman–Crippen MR) is 60.7 cm³/mol. The van der Waals surface area contributed by atoms with E-state index in [0.717, 1.165) is 9.21 Å². The Morgan fingerprint density at radius 3 is 2.93 bits per heavy atom. The van der Waals surface area contributed by atoms with Crippen molar-refractivity contribution >= 4 is 28.9 Å². The van der Waals surface area contributed by atoms with Crippen LogP contribution < -0.4 is 5.32 Å². The van der Waals surface area contributed by atoms with Crippen molar-refractivity contribution in [2.45, 2.75) is 24.8 Å². The number of rotatable bonds is 2. The third-order valence-corrected chi connectivity index (χ3v) is 4.26. The van der Waals surface area contributed by atoms with Gasteiger partial charge in [0.1, 0.15) is 5.54 Å². The first-order chi connectivity index (χ1) is 7.01. The molecule has 1 aromatic heterocycles. The van der Waals surface area contributed by atoms with Crippen LogP contribution in [0, 0.1) is 0 Å². The van der Waals surface area contributed by atoms with Crippen molar-refractivity contribution in [3.05, 3.63) is 21.3 Å². The van der Waals surface area contributed by atoms with Crippen LogP contribution in [0.15, 0.2) is 12.1 Å². The molecule has 2 atom stereocenters. The molecule has 0 radical (unpaired) electrons. The second-order valence-corrected chi connectivity index (χ2v) is 5.81. The van der Waals surface area contributed by atoms with Gasteiger partial charge < -0.3 is 10.4 Å². The minimum Gasteiger partial charge on any atom is -0.480 e. The molecule has 0 bridgehead atoms. The quantitative estimate of drug-likeness (QED) is 0.841. The van der Waals surface area contributed by atoms with E-state index in [1.54, 1.807) is 6.92 Å². The van der Waals surface area contributed by atoms with E-state index in [1.165, 1.54) is 11.3 Å². The molecule has 1 aliphatic rings. The van der Waals surface area contributed by atoms with Crippen molar-refractivity contribution < 1.29 is 9.90 Å². The summed E-state index contributed by atoms with van der Waals surface area (Å²) in [5, 5.41) is 12.1. The van der Waals surface area contributed by atoms with Gasteiger partial charge in [-0.3, -0.25) is 4.79 Å². The fourth-order valence-corrected chi connectivity index (χ4v) is 3.06. The van der Waals surface area contributed by atoms with Gasteiger partial charge in [0, 0.05) is 17.3 Å². The largest absolute Gasteiger partial charge is 0.480 e. The van der Waals surface area contributed by atoms with Crippen LogP contribution in [0.1, 0.15) is 24.1 Å². The minimum absolute atomic E-state index is 0.267. The Kier molecular flexibility index (Phi) is 2.75. The van der Waals surface area contributed by atoms with Crippen LogP contribution in [0.3, 0.4) is 0 Å². The molecule has 1 saturated heterocycles. The third-order valence-electron chi connectivity index (χ3n) is 2.86. The second-order valence-electron chi connectivity index (χ2n) is 4.06. The molecule has 2 unspecified atom stereocenters. The summed E-state index contributed by atoms with van der Waals surface area (Å²) in [6, 6.07) is 3.84. The van der Waals surface area contributed by atoms with Gasteiger partial charge in [0.25, 0.3) is 0 Å². The molecule has 0 spiro atoms. The molecular formula is C10H12ClNO2S. The van der Waals surface area contributed by atoms with Gasteiger partial charge in [0.15, 0.2) is 0 Å². The number of hydrogen-bond donors (Lipinski definition) is 2. The fraction of sp³-hybridized carbons (Fsp3) is 0.500. The summed E-state index contributed by atoms with van der Waals surface area (Å²) < 4.78 is 0.758. The van der Waals surface area contributed by atoms with Crippen LogP contribution in [0.4, 0.5) is 0 Å².